The molecule has 132 valence electrons. The van der Waals surface area contributed by atoms with Gasteiger partial charge in [-0.3, -0.25) is 4.79 Å². The maximum Gasteiger partial charge on any atom is 0.241 e. The van der Waals surface area contributed by atoms with E-state index in [1.54, 1.807) is 20.3 Å². The molecule has 0 spiro atoms. The number of hydrogen-bond acceptors (Lipinski definition) is 6. The SMILES string of the molecule is COc1ccc(OC)c(NC2NNC(Cc3ccccc3)C(=O)N2)c1. The van der Waals surface area contributed by atoms with Gasteiger partial charge in [-0.25, -0.2) is 10.9 Å². The first kappa shape index (κ1) is 17.1. The fourth-order valence-corrected chi connectivity index (χ4v) is 2.68. The Kier molecular flexibility index (Phi) is 5.37. The molecule has 7 nitrogen and oxygen atoms in total. The van der Waals surface area contributed by atoms with Crippen molar-refractivity contribution in [3.05, 3.63) is 54.1 Å². The summed E-state index contributed by atoms with van der Waals surface area (Å²) in [4.78, 5) is 12.4. The molecule has 1 fully saturated rings. The molecule has 3 rings (SSSR count). The van der Waals surface area contributed by atoms with Crippen molar-refractivity contribution in [2.45, 2.75) is 18.8 Å². The summed E-state index contributed by atoms with van der Waals surface area (Å²) in [6.45, 7) is 0. The minimum absolute atomic E-state index is 0.0815. The Morgan fingerprint density at radius 2 is 1.84 bits per heavy atom. The fourth-order valence-electron chi connectivity index (χ4n) is 2.68. The van der Waals surface area contributed by atoms with Crippen LogP contribution < -0.4 is 31.0 Å². The number of hydrazine groups is 1. The quantitative estimate of drug-likeness (QED) is 0.632. The molecule has 7 heteroatoms. The molecule has 0 aliphatic carbocycles. The van der Waals surface area contributed by atoms with Gasteiger partial charge in [-0.1, -0.05) is 30.3 Å². The van der Waals surface area contributed by atoms with Gasteiger partial charge in [-0.15, -0.1) is 0 Å². The lowest BCUT2D eigenvalue weighted by Crippen LogP contribution is -2.68. The molecule has 1 aliphatic heterocycles. The first-order valence-electron chi connectivity index (χ1n) is 8.03. The number of ether oxygens (including phenoxy) is 2. The number of carbonyl (C=O) groups excluding carboxylic acids is 1. The Labute approximate surface area is 146 Å². The minimum Gasteiger partial charge on any atom is -0.497 e. The zero-order valence-electron chi connectivity index (χ0n) is 14.2. The Hall–Kier alpha value is -2.77. The van der Waals surface area contributed by atoms with E-state index in [9.17, 15) is 4.79 Å². The molecule has 1 amide bonds. The average molecular weight is 342 g/mol. The van der Waals surface area contributed by atoms with Crippen molar-refractivity contribution in [1.29, 1.82) is 0 Å². The highest BCUT2D eigenvalue weighted by atomic mass is 16.5. The van der Waals surface area contributed by atoms with Crippen molar-refractivity contribution < 1.29 is 14.3 Å². The molecule has 2 unspecified atom stereocenters. The van der Waals surface area contributed by atoms with Gasteiger partial charge < -0.3 is 20.1 Å². The number of benzene rings is 2. The van der Waals surface area contributed by atoms with Gasteiger partial charge in [0.05, 0.1) is 19.9 Å². The van der Waals surface area contributed by atoms with E-state index < -0.39 is 6.29 Å². The molecular weight excluding hydrogens is 320 g/mol. The zero-order chi connectivity index (χ0) is 17.6. The van der Waals surface area contributed by atoms with Gasteiger partial charge in [0.25, 0.3) is 0 Å². The van der Waals surface area contributed by atoms with E-state index in [0.29, 0.717) is 23.6 Å². The van der Waals surface area contributed by atoms with Crippen molar-refractivity contribution in [2.75, 3.05) is 19.5 Å². The summed E-state index contributed by atoms with van der Waals surface area (Å²) in [7, 11) is 3.19. The van der Waals surface area contributed by atoms with Crippen LogP contribution in [0.1, 0.15) is 5.56 Å². The third-order valence-corrected chi connectivity index (χ3v) is 3.99. The molecule has 0 saturated carbocycles. The zero-order valence-corrected chi connectivity index (χ0v) is 14.2. The monoisotopic (exact) mass is 342 g/mol. The molecule has 0 radical (unpaired) electrons. The molecule has 2 aromatic carbocycles. The molecule has 0 aromatic heterocycles. The van der Waals surface area contributed by atoms with Crippen LogP contribution in [0.5, 0.6) is 11.5 Å². The van der Waals surface area contributed by atoms with Gasteiger partial charge in [0.15, 0.2) is 6.29 Å². The molecule has 1 aliphatic rings. The van der Waals surface area contributed by atoms with E-state index in [1.807, 2.05) is 42.5 Å². The van der Waals surface area contributed by atoms with Crippen LogP contribution in [0.2, 0.25) is 0 Å². The maximum absolute atomic E-state index is 12.4. The lowest BCUT2D eigenvalue weighted by atomic mass is 10.1. The van der Waals surface area contributed by atoms with E-state index in [1.165, 1.54) is 0 Å². The summed E-state index contributed by atoms with van der Waals surface area (Å²) in [5.74, 6) is 1.27. The lowest BCUT2D eigenvalue weighted by molar-refractivity contribution is -0.126. The van der Waals surface area contributed by atoms with Crippen LogP contribution in [0, 0.1) is 0 Å². The maximum atomic E-state index is 12.4. The molecule has 1 heterocycles. The largest absolute Gasteiger partial charge is 0.497 e. The molecular formula is C18H22N4O3. The van der Waals surface area contributed by atoms with Crippen LogP contribution >= 0.6 is 0 Å². The summed E-state index contributed by atoms with van der Waals surface area (Å²) in [5, 5.41) is 6.08. The number of hydrogen-bond donors (Lipinski definition) is 4. The van der Waals surface area contributed by atoms with Gasteiger partial charge in [0, 0.05) is 6.07 Å². The molecule has 2 aromatic rings. The predicted molar refractivity (Wildman–Crippen MR) is 95.3 cm³/mol. The minimum atomic E-state index is -0.472. The molecule has 2 atom stereocenters. The van der Waals surface area contributed by atoms with Crippen molar-refractivity contribution in [3.63, 3.8) is 0 Å². The summed E-state index contributed by atoms with van der Waals surface area (Å²) >= 11 is 0. The van der Waals surface area contributed by atoms with Gasteiger partial charge in [-0.05, 0) is 24.1 Å². The second-order valence-electron chi connectivity index (χ2n) is 5.68. The summed E-state index contributed by atoms with van der Waals surface area (Å²) in [6, 6.07) is 15.0. The Morgan fingerprint density at radius 3 is 2.52 bits per heavy atom. The van der Waals surface area contributed by atoms with E-state index in [2.05, 4.69) is 21.5 Å². The highest BCUT2D eigenvalue weighted by Crippen LogP contribution is 2.29. The van der Waals surface area contributed by atoms with Crippen LogP contribution in [0.4, 0.5) is 5.69 Å². The predicted octanol–water partition coefficient (Wildman–Crippen LogP) is 1.23. The highest BCUT2D eigenvalue weighted by molar-refractivity contribution is 5.83. The van der Waals surface area contributed by atoms with Gasteiger partial charge >= 0.3 is 0 Å². The number of amides is 1. The van der Waals surface area contributed by atoms with E-state index in [0.717, 1.165) is 5.56 Å². The van der Waals surface area contributed by atoms with Crippen LogP contribution in [0.3, 0.4) is 0 Å². The summed E-state index contributed by atoms with van der Waals surface area (Å²) < 4.78 is 10.6. The second-order valence-corrected chi connectivity index (χ2v) is 5.68. The summed E-state index contributed by atoms with van der Waals surface area (Å²) in [6.07, 6.45) is 0.134. The highest BCUT2D eigenvalue weighted by Gasteiger charge is 2.27. The van der Waals surface area contributed by atoms with Crippen molar-refractivity contribution in [3.8, 4) is 11.5 Å². The lowest BCUT2D eigenvalue weighted by Gasteiger charge is -2.32. The number of methoxy groups -OCH3 is 2. The first-order chi connectivity index (χ1) is 12.2. The van der Waals surface area contributed by atoms with Gasteiger partial charge in [0.1, 0.15) is 17.5 Å². The Morgan fingerprint density at radius 1 is 1.04 bits per heavy atom. The number of carbonyl (C=O) groups is 1. The van der Waals surface area contributed by atoms with E-state index >= 15 is 0 Å². The number of rotatable bonds is 6. The van der Waals surface area contributed by atoms with Crippen LogP contribution in [-0.2, 0) is 11.2 Å². The molecule has 25 heavy (non-hydrogen) atoms. The van der Waals surface area contributed by atoms with Crippen molar-refractivity contribution in [1.82, 2.24) is 16.2 Å². The first-order valence-corrected chi connectivity index (χ1v) is 8.03. The normalized spacial score (nSPS) is 19.8. The van der Waals surface area contributed by atoms with E-state index in [-0.39, 0.29) is 11.9 Å². The molecule has 1 saturated heterocycles. The van der Waals surface area contributed by atoms with Crippen LogP contribution in [-0.4, -0.2) is 32.5 Å². The van der Waals surface area contributed by atoms with Gasteiger partial charge in [-0.2, -0.15) is 0 Å². The number of anilines is 1. The van der Waals surface area contributed by atoms with Gasteiger partial charge in [0.2, 0.25) is 5.91 Å². The van der Waals surface area contributed by atoms with Crippen LogP contribution in [0.15, 0.2) is 48.5 Å². The smallest absolute Gasteiger partial charge is 0.241 e. The average Bonchev–Trinajstić information content (AvgIpc) is 2.65. The molecule has 4 N–H and O–H groups in total. The van der Waals surface area contributed by atoms with Crippen molar-refractivity contribution in [2.24, 2.45) is 0 Å². The third kappa shape index (κ3) is 4.20. The topological polar surface area (TPSA) is 83.7 Å². The second kappa shape index (κ2) is 7.87. The Bertz CT molecular complexity index is 724. The van der Waals surface area contributed by atoms with E-state index in [4.69, 9.17) is 9.47 Å². The number of nitrogens with one attached hydrogen (secondary N) is 4. The van der Waals surface area contributed by atoms with Crippen molar-refractivity contribution >= 4 is 11.6 Å². The summed E-state index contributed by atoms with van der Waals surface area (Å²) in [5.41, 5.74) is 7.93. The molecule has 0 bridgehead atoms. The standard InChI is InChI=1S/C18H22N4O3/c1-24-13-8-9-16(25-2)14(11-13)19-18-20-17(23)15(21-22-18)10-12-6-4-3-5-7-12/h3-9,11,15,18-19,21-22H,10H2,1-2H3,(H,20,23). The Balaban J connectivity index is 1.62. The van der Waals surface area contributed by atoms with Crippen LogP contribution in [0.25, 0.3) is 0 Å². The fraction of sp³-hybridized carbons (Fsp3) is 0.278. The third-order valence-electron chi connectivity index (χ3n) is 3.99.